The van der Waals surface area contributed by atoms with Gasteiger partial charge in [0.05, 0.1) is 34.5 Å². The van der Waals surface area contributed by atoms with Crippen LogP contribution in [0.2, 0.25) is 0 Å². The fourth-order valence-corrected chi connectivity index (χ4v) is 2.29. The van der Waals surface area contributed by atoms with E-state index in [4.69, 9.17) is 18.9 Å². The van der Waals surface area contributed by atoms with Gasteiger partial charge in [0.25, 0.3) is 0 Å². The van der Waals surface area contributed by atoms with Crippen LogP contribution in [0.5, 0.6) is 17.2 Å². The standard InChI is InChI=1S/C14H19NO5/c1-17-12-6-10(7-13(18-2)14(12)19-3)15-4-5-20-9-11(15)8-16/h6-8,11H,4-5,9H2,1-3H3. The first-order chi connectivity index (χ1) is 9.74. The van der Waals surface area contributed by atoms with Crippen LogP contribution in [0.1, 0.15) is 0 Å². The number of anilines is 1. The zero-order valence-corrected chi connectivity index (χ0v) is 11.9. The molecule has 6 nitrogen and oxygen atoms in total. The van der Waals surface area contributed by atoms with Crippen LogP contribution in [0, 0.1) is 0 Å². The Morgan fingerprint density at radius 3 is 2.35 bits per heavy atom. The summed E-state index contributed by atoms with van der Waals surface area (Å²) in [6.07, 6.45) is 0.891. The summed E-state index contributed by atoms with van der Waals surface area (Å²) < 4.78 is 21.3. The van der Waals surface area contributed by atoms with Crippen LogP contribution in [0.4, 0.5) is 5.69 Å². The normalized spacial score (nSPS) is 18.6. The molecule has 1 unspecified atom stereocenters. The Bertz CT molecular complexity index is 452. The van der Waals surface area contributed by atoms with Gasteiger partial charge in [-0.1, -0.05) is 0 Å². The molecule has 1 aromatic carbocycles. The molecular weight excluding hydrogens is 262 g/mol. The van der Waals surface area contributed by atoms with Crippen LogP contribution in [0.25, 0.3) is 0 Å². The number of methoxy groups -OCH3 is 3. The molecule has 1 fully saturated rings. The molecule has 1 aromatic rings. The Morgan fingerprint density at radius 1 is 1.20 bits per heavy atom. The zero-order chi connectivity index (χ0) is 14.5. The highest BCUT2D eigenvalue weighted by molar-refractivity contribution is 5.70. The van der Waals surface area contributed by atoms with Crippen molar-refractivity contribution in [2.75, 3.05) is 46.0 Å². The number of morpholine rings is 1. The largest absolute Gasteiger partial charge is 0.493 e. The van der Waals surface area contributed by atoms with E-state index in [0.29, 0.717) is 37.0 Å². The van der Waals surface area contributed by atoms with Crippen molar-refractivity contribution < 1.29 is 23.7 Å². The molecule has 6 heteroatoms. The molecule has 1 aliphatic heterocycles. The van der Waals surface area contributed by atoms with Gasteiger partial charge in [0.1, 0.15) is 12.3 Å². The zero-order valence-electron chi connectivity index (χ0n) is 11.9. The lowest BCUT2D eigenvalue weighted by Crippen LogP contribution is -2.46. The molecule has 0 amide bonds. The lowest BCUT2D eigenvalue weighted by atomic mass is 10.1. The first-order valence-electron chi connectivity index (χ1n) is 6.34. The molecule has 0 aromatic heterocycles. The maximum Gasteiger partial charge on any atom is 0.203 e. The van der Waals surface area contributed by atoms with Gasteiger partial charge in [-0.25, -0.2) is 0 Å². The van der Waals surface area contributed by atoms with Crippen molar-refractivity contribution in [3.05, 3.63) is 12.1 Å². The third-order valence-electron chi connectivity index (χ3n) is 3.30. The number of carbonyl (C=O) groups excluding carboxylic acids is 1. The number of ether oxygens (including phenoxy) is 4. The molecule has 0 aliphatic carbocycles. The van der Waals surface area contributed by atoms with Gasteiger partial charge in [0, 0.05) is 24.4 Å². The first-order valence-corrected chi connectivity index (χ1v) is 6.34. The SMILES string of the molecule is COc1cc(N2CCOCC2C=O)cc(OC)c1OC. The molecule has 20 heavy (non-hydrogen) atoms. The second kappa shape index (κ2) is 6.47. The number of carbonyl (C=O) groups is 1. The van der Waals surface area contributed by atoms with Gasteiger partial charge in [0.2, 0.25) is 5.75 Å². The van der Waals surface area contributed by atoms with Crippen molar-refractivity contribution in [1.29, 1.82) is 0 Å². The monoisotopic (exact) mass is 281 g/mol. The fourth-order valence-electron chi connectivity index (χ4n) is 2.29. The Hall–Kier alpha value is -1.95. The van der Waals surface area contributed by atoms with Gasteiger partial charge < -0.3 is 28.6 Å². The smallest absolute Gasteiger partial charge is 0.203 e. The minimum absolute atomic E-state index is 0.299. The molecule has 0 bridgehead atoms. The summed E-state index contributed by atoms with van der Waals surface area (Å²) in [7, 11) is 4.69. The maximum atomic E-state index is 11.2. The van der Waals surface area contributed by atoms with E-state index >= 15 is 0 Å². The van der Waals surface area contributed by atoms with Gasteiger partial charge in [-0.05, 0) is 0 Å². The Kier molecular flexibility index (Phi) is 4.68. The van der Waals surface area contributed by atoms with Crippen LogP contribution in [-0.2, 0) is 9.53 Å². The van der Waals surface area contributed by atoms with Crippen LogP contribution in [-0.4, -0.2) is 53.4 Å². The number of rotatable bonds is 5. The van der Waals surface area contributed by atoms with Crippen molar-refractivity contribution in [2.24, 2.45) is 0 Å². The average molecular weight is 281 g/mol. The van der Waals surface area contributed by atoms with E-state index in [1.54, 1.807) is 21.3 Å². The number of nitrogens with zero attached hydrogens (tertiary/aromatic N) is 1. The van der Waals surface area contributed by atoms with Crippen molar-refractivity contribution in [2.45, 2.75) is 6.04 Å². The minimum atomic E-state index is -0.299. The molecule has 1 atom stereocenters. The molecule has 1 saturated heterocycles. The Balaban J connectivity index is 2.42. The summed E-state index contributed by atoms with van der Waals surface area (Å²) in [5, 5.41) is 0. The molecule has 0 N–H and O–H groups in total. The second-order valence-electron chi connectivity index (χ2n) is 4.36. The summed E-state index contributed by atoms with van der Waals surface area (Å²) in [5.41, 5.74) is 0.847. The maximum absolute atomic E-state index is 11.2. The number of aldehydes is 1. The summed E-state index contributed by atoms with van der Waals surface area (Å²) in [6, 6.07) is 3.37. The van der Waals surface area contributed by atoms with Crippen molar-refractivity contribution in [3.8, 4) is 17.2 Å². The summed E-state index contributed by atoms with van der Waals surface area (Å²) in [4.78, 5) is 13.1. The van der Waals surface area contributed by atoms with E-state index in [2.05, 4.69) is 0 Å². The van der Waals surface area contributed by atoms with E-state index in [-0.39, 0.29) is 6.04 Å². The number of benzene rings is 1. The molecule has 0 radical (unpaired) electrons. The number of hydrogen-bond acceptors (Lipinski definition) is 6. The molecule has 0 spiro atoms. The van der Waals surface area contributed by atoms with E-state index in [0.717, 1.165) is 12.0 Å². The number of hydrogen-bond donors (Lipinski definition) is 0. The lowest BCUT2D eigenvalue weighted by Gasteiger charge is -2.34. The molecular formula is C14H19NO5. The minimum Gasteiger partial charge on any atom is -0.493 e. The van der Waals surface area contributed by atoms with Crippen LogP contribution < -0.4 is 19.1 Å². The predicted molar refractivity (Wildman–Crippen MR) is 74.1 cm³/mol. The highest BCUT2D eigenvalue weighted by atomic mass is 16.5. The molecule has 2 rings (SSSR count). The first kappa shape index (κ1) is 14.5. The second-order valence-corrected chi connectivity index (χ2v) is 4.36. The summed E-state index contributed by atoms with van der Waals surface area (Å²) in [6.45, 7) is 1.61. The van der Waals surface area contributed by atoms with Gasteiger partial charge >= 0.3 is 0 Å². The van der Waals surface area contributed by atoms with Gasteiger partial charge in [0.15, 0.2) is 11.5 Å². The third-order valence-corrected chi connectivity index (χ3v) is 3.30. The van der Waals surface area contributed by atoms with E-state index in [9.17, 15) is 4.79 Å². The van der Waals surface area contributed by atoms with E-state index in [1.807, 2.05) is 17.0 Å². The molecule has 0 saturated carbocycles. The van der Waals surface area contributed by atoms with Crippen LogP contribution in [0.3, 0.4) is 0 Å². The fraction of sp³-hybridized carbons (Fsp3) is 0.500. The predicted octanol–water partition coefficient (Wildman–Crippen LogP) is 1.12. The quantitative estimate of drug-likeness (QED) is 0.754. The highest BCUT2D eigenvalue weighted by Crippen LogP contribution is 2.41. The van der Waals surface area contributed by atoms with Gasteiger partial charge in [-0.15, -0.1) is 0 Å². The van der Waals surface area contributed by atoms with Crippen molar-refractivity contribution >= 4 is 12.0 Å². The molecule has 110 valence electrons. The highest BCUT2D eigenvalue weighted by Gasteiger charge is 2.25. The summed E-state index contributed by atoms with van der Waals surface area (Å²) in [5.74, 6) is 1.67. The average Bonchev–Trinajstić information content (AvgIpc) is 2.53. The topological polar surface area (TPSA) is 57.2 Å². The van der Waals surface area contributed by atoms with Crippen LogP contribution in [0.15, 0.2) is 12.1 Å². The molecule has 1 heterocycles. The Morgan fingerprint density at radius 2 is 1.85 bits per heavy atom. The van der Waals surface area contributed by atoms with E-state index < -0.39 is 0 Å². The summed E-state index contributed by atoms with van der Waals surface area (Å²) >= 11 is 0. The van der Waals surface area contributed by atoms with Gasteiger partial charge in [-0.2, -0.15) is 0 Å². The third kappa shape index (κ3) is 2.65. The van der Waals surface area contributed by atoms with E-state index in [1.165, 1.54) is 0 Å². The van der Waals surface area contributed by atoms with Crippen LogP contribution >= 0.6 is 0 Å². The van der Waals surface area contributed by atoms with Gasteiger partial charge in [-0.3, -0.25) is 0 Å². The molecule has 1 aliphatic rings. The van der Waals surface area contributed by atoms with Crippen molar-refractivity contribution in [1.82, 2.24) is 0 Å². The Labute approximate surface area is 118 Å². The van der Waals surface area contributed by atoms with Crippen molar-refractivity contribution in [3.63, 3.8) is 0 Å². The lowest BCUT2D eigenvalue weighted by molar-refractivity contribution is -0.111.